The molecule has 1 unspecified atom stereocenters. The number of rotatable bonds is 1. The molecule has 0 radical (unpaired) electrons. The lowest BCUT2D eigenvalue weighted by molar-refractivity contribution is 0.537. The summed E-state index contributed by atoms with van der Waals surface area (Å²) in [7, 11) is 0. The largest absolute Gasteiger partial charge is 0.768 e. The molecule has 1 rings (SSSR count). The molecular weight excluding hydrogens is 242 g/mol. The SMILES string of the molecule is O=S([O-])c1ccc(Cl)c(Cl)c1Cl. The van der Waals surface area contributed by atoms with Crippen LogP contribution in [0.4, 0.5) is 0 Å². The van der Waals surface area contributed by atoms with Gasteiger partial charge in [-0.25, -0.2) is 0 Å². The van der Waals surface area contributed by atoms with Gasteiger partial charge in [0, 0.05) is 4.90 Å². The first-order valence-corrected chi connectivity index (χ1v) is 4.97. The monoisotopic (exact) mass is 243 g/mol. The molecule has 0 spiro atoms. The number of benzene rings is 1. The van der Waals surface area contributed by atoms with Crippen molar-refractivity contribution in [2.75, 3.05) is 0 Å². The highest BCUT2D eigenvalue weighted by atomic mass is 35.5. The second kappa shape index (κ2) is 3.94. The Bertz CT molecular complexity index is 340. The Morgan fingerprint density at radius 1 is 1.17 bits per heavy atom. The van der Waals surface area contributed by atoms with Crippen LogP contribution in [0.25, 0.3) is 0 Å². The molecule has 0 fully saturated rings. The van der Waals surface area contributed by atoms with Gasteiger partial charge in [0.1, 0.15) is 0 Å². The fourth-order valence-electron chi connectivity index (χ4n) is 0.637. The standard InChI is InChI=1S/C6H3Cl3O2S/c7-3-1-2-4(12(10)11)6(9)5(3)8/h1-2H,(H,10,11)/p-1. The molecule has 0 heterocycles. The normalized spacial score (nSPS) is 13.0. The van der Waals surface area contributed by atoms with Gasteiger partial charge in [0.05, 0.1) is 15.1 Å². The van der Waals surface area contributed by atoms with Crippen molar-refractivity contribution in [3.63, 3.8) is 0 Å². The van der Waals surface area contributed by atoms with Crippen molar-refractivity contribution in [3.05, 3.63) is 27.2 Å². The van der Waals surface area contributed by atoms with Gasteiger partial charge < -0.3 is 4.55 Å². The van der Waals surface area contributed by atoms with E-state index < -0.39 is 11.1 Å². The third kappa shape index (κ3) is 1.92. The average Bonchev–Trinajstić information content (AvgIpc) is 2.00. The van der Waals surface area contributed by atoms with E-state index >= 15 is 0 Å². The van der Waals surface area contributed by atoms with E-state index in [9.17, 15) is 8.76 Å². The van der Waals surface area contributed by atoms with E-state index in [0.717, 1.165) is 0 Å². The van der Waals surface area contributed by atoms with E-state index in [1.807, 2.05) is 0 Å². The van der Waals surface area contributed by atoms with Crippen LogP contribution in [0.15, 0.2) is 17.0 Å². The zero-order chi connectivity index (χ0) is 9.30. The van der Waals surface area contributed by atoms with Crippen molar-refractivity contribution in [2.24, 2.45) is 0 Å². The zero-order valence-corrected chi connectivity index (χ0v) is 8.60. The molecule has 0 aliphatic rings. The Kier molecular flexibility index (Phi) is 3.37. The Hall–Kier alpha value is 0.200. The summed E-state index contributed by atoms with van der Waals surface area (Å²) in [4.78, 5) is -0.0499. The molecule has 0 amide bonds. The highest BCUT2D eigenvalue weighted by molar-refractivity contribution is 7.79. The molecule has 0 bridgehead atoms. The molecule has 12 heavy (non-hydrogen) atoms. The molecule has 0 aliphatic heterocycles. The predicted octanol–water partition coefficient (Wildman–Crippen LogP) is 2.88. The van der Waals surface area contributed by atoms with E-state index in [1.165, 1.54) is 12.1 Å². The van der Waals surface area contributed by atoms with E-state index in [1.54, 1.807) is 0 Å². The van der Waals surface area contributed by atoms with Crippen molar-refractivity contribution in [1.82, 2.24) is 0 Å². The first-order chi connectivity index (χ1) is 5.54. The lowest BCUT2D eigenvalue weighted by Crippen LogP contribution is -1.90. The third-order valence-corrected chi connectivity index (χ3v) is 3.28. The lowest BCUT2D eigenvalue weighted by Gasteiger charge is -2.08. The second-order valence-electron chi connectivity index (χ2n) is 1.91. The van der Waals surface area contributed by atoms with E-state index in [4.69, 9.17) is 34.8 Å². The van der Waals surface area contributed by atoms with Crippen LogP contribution in [0.1, 0.15) is 0 Å². The first kappa shape index (κ1) is 10.3. The molecule has 0 saturated heterocycles. The van der Waals surface area contributed by atoms with Crippen LogP contribution in [-0.4, -0.2) is 8.76 Å². The molecule has 1 atom stereocenters. The lowest BCUT2D eigenvalue weighted by atomic mass is 10.4. The van der Waals surface area contributed by atoms with Gasteiger partial charge in [0.15, 0.2) is 0 Å². The van der Waals surface area contributed by atoms with Gasteiger partial charge in [-0.15, -0.1) is 0 Å². The van der Waals surface area contributed by atoms with Crippen LogP contribution in [0.5, 0.6) is 0 Å². The first-order valence-electron chi connectivity index (χ1n) is 2.77. The summed E-state index contributed by atoms with van der Waals surface area (Å²) in [5.74, 6) is 0. The molecule has 0 aromatic heterocycles. The van der Waals surface area contributed by atoms with Gasteiger partial charge in [-0.2, -0.15) is 0 Å². The molecule has 6 heteroatoms. The van der Waals surface area contributed by atoms with Crippen molar-refractivity contribution < 1.29 is 8.76 Å². The molecule has 0 saturated carbocycles. The summed E-state index contributed by atoms with van der Waals surface area (Å²) in [5, 5.41) is 0.244. The van der Waals surface area contributed by atoms with E-state index in [0.29, 0.717) is 0 Å². The Balaban J connectivity index is 3.36. The third-order valence-electron chi connectivity index (χ3n) is 1.18. The average molecular weight is 245 g/mol. The molecule has 1 aromatic carbocycles. The van der Waals surface area contributed by atoms with Gasteiger partial charge in [-0.3, -0.25) is 4.21 Å². The van der Waals surface area contributed by atoms with Crippen LogP contribution in [0.3, 0.4) is 0 Å². The minimum Gasteiger partial charge on any atom is -0.768 e. The molecule has 2 nitrogen and oxygen atoms in total. The maximum atomic E-state index is 10.5. The fourth-order valence-corrected chi connectivity index (χ4v) is 1.84. The molecule has 0 aliphatic carbocycles. The zero-order valence-electron chi connectivity index (χ0n) is 5.51. The fraction of sp³-hybridized carbons (Fsp3) is 0. The number of halogens is 3. The van der Waals surface area contributed by atoms with Crippen LogP contribution >= 0.6 is 34.8 Å². The topological polar surface area (TPSA) is 40.1 Å². The predicted molar refractivity (Wildman–Crippen MR) is 48.7 cm³/mol. The Morgan fingerprint density at radius 3 is 2.25 bits per heavy atom. The Morgan fingerprint density at radius 2 is 1.75 bits per heavy atom. The smallest absolute Gasteiger partial charge is 0.0790 e. The highest BCUT2D eigenvalue weighted by Crippen LogP contribution is 2.33. The van der Waals surface area contributed by atoms with Crippen molar-refractivity contribution in [1.29, 1.82) is 0 Å². The van der Waals surface area contributed by atoms with Gasteiger partial charge in [-0.1, -0.05) is 34.8 Å². The quantitative estimate of drug-likeness (QED) is 0.563. The van der Waals surface area contributed by atoms with Crippen LogP contribution < -0.4 is 0 Å². The summed E-state index contributed by atoms with van der Waals surface area (Å²) < 4.78 is 21.0. The summed E-state index contributed by atoms with van der Waals surface area (Å²) in [6, 6.07) is 2.67. The van der Waals surface area contributed by atoms with E-state index in [2.05, 4.69) is 0 Å². The second-order valence-corrected chi connectivity index (χ2v) is 3.98. The summed E-state index contributed by atoms with van der Waals surface area (Å²) in [6.45, 7) is 0. The minimum absolute atomic E-state index is 0.0440. The van der Waals surface area contributed by atoms with Crippen molar-refractivity contribution in [3.8, 4) is 0 Å². The maximum Gasteiger partial charge on any atom is 0.0790 e. The summed E-state index contributed by atoms with van der Waals surface area (Å²) in [6.07, 6.45) is 0. The van der Waals surface area contributed by atoms with E-state index in [-0.39, 0.29) is 20.0 Å². The maximum absolute atomic E-state index is 10.5. The van der Waals surface area contributed by atoms with Gasteiger partial charge in [0.2, 0.25) is 0 Å². The van der Waals surface area contributed by atoms with Crippen LogP contribution in [0, 0.1) is 0 Å². The molecule has 1 aromatic rings. The number of hydrogen-bond donors (Lipinski definition) is 0. The summed E-state index contributed by atoms with van der Waals surface area (Å²) >= 11 is 14.4. The summed E-state index contributed by atoms with van der Waals surface area (Å²) in [5.41, 5.74) is 0. The van der Waals surface area contributed by atoms with Crippen LogP contribution in [0.2, 0.25) is 15.1 Å². The number of hydrogen-bond acceptors (Lipinski definition) is 2. The Labute approximate surface area is 86.7 Å². The molecule has 66 valence electrons. The van der Waals surface area contributed by atoms with Gasteiger partial charge >= 0.3 is 0 Å². The van der Waals surface area contributed by atoms with Crippen molar-refractivity contribution in [2.45, 2.75) is 4.90 Å². The minimum atomic E-state index is -2.38. The molecule has 0 N–H and O–H groups in total. The van der Waals surface area contributed by atoms with Crippen molar-refractivity contribution >= 4 is 45.9 Å². The van der Waals surface area contributed by atoms with Gasteiger partial charge in [-0.05, 0) is 23.2 Å². The molecular formula is C6H2Cl3O2S-. The van der Waals surface area contributed by atoms with Gasteiger partial charge in [0.25, 0.3) is 0 Å². The highest BCUT2D eigenvalue weighted by Gasteiger charge is 2.08. The van der Waals surface area contributed by atoms with Crippen LogP contribution in [-0.2, 0) is 11.1 Å².